The van der Waals surface area contributed by atoms with Gasteiger partial charge in [0.25, 0.3) is 0 Å². The van der Waals surface area contributed by atoms with Crippen molar-refractivity contribution in [3.05, 3.63) is 0 Å². The van der Waals surface area contributed by atoms with Crippen molar-refractivity contribution in [3.63, 3.8) is 0 Å². The van der Waals surface area contributed by atoms with Crippen molar-refractivity contribution in [2.75, 3.05) is 6.54 Å². The standard InChI is InChI=1S/C11H21NO2/c1-5-8(2)12-7-6-11(9(12)3)14-10(4)13/h8-9,11H,5-7H2,1-4H3/t8?,9-,11+/m1/s1. The highest BCUT2D eigenvalue weighted by atomic mass is 16.5. The molecule has 3 heteroatoms. The molecule has 1 heterocycles. The van der Waals surface area contributed by atoms with E-state index in [1.807, 2.05) is 0 Å². The predicted molar refractivity (Wildman–Crippen MR) is 56.1 cm³/mol. The Morgan fingerprint density at radius 2 is 2.29 bits per heavy atom. The van der Waals surface area contributed by atoms with Gasteiger partial charge in [-0.3, -0.25) is 9.69 Å². The van der Waals surface area contributed by atoms with Gasteiger partial charge in [-0.05, 0) is 26.7 Å². The molecule has 1 aliphatic rings. The molecule has 1 unspecified atom stereocenters. The lowest BCUT2D eigenvalue weighted by atomic mass is 10.1. The molecular formula is C11H21NO2. The molecule has 1 rings (SSSR count). The number of hydrogen-bond donors (Lipinski definition) is 0. The van der Waals surface area contributed by atoms with Crippen molar-refractivity contribution in [2.24, 2.45) is 0 Å². The van der Waals surface area contributed by atoms with Crippen molar-refractivity contribution < 1.29 is 9.53 Å². The Bertz CT molecular complexity index is 205. The molecule has 1 aliphatic heterocycles. The van der Waals surface area contributed by atoms with Gasteiger partial charge in [0, 0.05) is 25.6 Å². The second kappa shape index (κ2) is 4.78. The minimum Gasteiger partial charge on any atom is -0.461 e. The monoisotopic (exact) mass is 199 g/mol. The molecule has 0 aromatic carbocycles. The van der Waals surface area contributed by atoms with Crippen molar-refractivity contribution in [1.29, 1.82) is 0 Å². The van der Waals surface area contributed by atoms with Gasteiger partial charge in [-0.2, -0.15) is 0 Å². The topological polar surface area (TPSA) is 29.5 Å². The quantitative estimate of drug-likeness (QED) is 0.649. The highest BCUT2D eigenvalue weighted by Gasteiger charge is 2.34. The zero-order valence-corrected chi connectivity index (χ0v) is 9.62. The Hall–Kier alpha value is -0.570. The third kappa shape index (κ3) is 2.47. The van der Waals surface area contributed by atoms with Crippen LogP contribution in [0, 0.1) is 0 Å². The molecule has 1 saturated heterocycles. The average Bonchev–Trinajstić information content (AvgIpc) is 2.46. The molecule has 14 heavy (non-hydrogen) atoms. The van der Waals surface area contributed by atoms with Crippen LogP contribution in [-0.2, 0) is 9.53 Å². The lowest BCUT2D eigenvalue weighted by Gasteiger charge is -2.29. The van der Waals surface area contributed by atoms with E-state index in [9.17, 15) is 4.79 Å². The van der Waals surface area contributed by atoms with E-state index < -0.39 is 0 Å². The van der Waals surface area contributed by atoms with E-state index in [0.29, 0.717) is 12.1 Å². The number of rotatable bonds is 3. The summed E-state index contributed by atoms with van der Waals surface area (Å²) in [6.45, 7) is 9.10. The zero-order valence-electron chi connectivity index (χ0n) is 9.62. The summed E-state index contributed by atoms with van der Waals surface area (Å²) in [7, 11) is 0. The first kappa shape index (κ1) is 11.5. The van der Waals surface area contributed by atoms with Crippen LogP contribution in [0.5, 0.6) is 0 Å². The maximum Gasteiger partial charge on any atom is 0.302 e. The van der Waals surface area contributed by atoms with Crippen LogP contribution >= 0.6 is 0 Å². The minimum atomic E-state index is -0.159. The van der Waals surface area contributed by atoms with Crippen LogP contribution in [0.3, 0.4) is 0 Å². The molecular weight excluding hydrogens is 178 g/mol. The Labute approximate surface area is 86.4 Å². The van der Waals surface area contributed by atoms with E-state index in [4.69, 9.17) is 4.74 Å². The lowest BCUT2D eigenvalue weighted by Crippen LogP contribution is -2.39. The van der Waals surface area contributed by atoms with Gasteiger partial charge in [0.15, 0.2) is 0 Å². The van der Waals surface area contributed by atoms with Gasteiger partial charge in [0.05, 0.1) is 0 Å². The fourth-order valence-electron chi connectivity index (χ4n) is 2.16. The number of nitrogens with zero attached hydrogens (tertiary/aromatic N) is 1. The van der Waals surface area contributed by atoms with Gasteiger partial charge in [-0.1, -0.05) is 6.92 Å². The van der Waals surface area contributed by atoms with Crippen LogP contribution in [0.15, 0.2) is 0 Å². The third-order valence-electron chi connectivity index (χ3n) is 3.21. The maximum atomic E-state index is 10.9. The van der Waals surface area contributed by atoms with E-state index in [2.05, 4.69) is 25.7 Å². The molecule has 0 N–H and O–H groups in total. The van der Waals surface area contributed by atoms with E-state index in [-0.39, 0.29) is 12.1 Å². The van der Waals surface area contributed by atoms with E-state index in [0.717, 1.165) is 19.4 Å². The first-order valence-corrected chi connectivity index (χ1v) is 5.49. The molecule has 0 bridgehead atoms. The summed E-state index contributed by atoms with van der Waals surface area (Å²) >= 11 is 0. The summed E-state index contributed by atoms with van der Waals surface area (Å²) in [5.41, 5.74) is 0. The van der Waals surface area contributed by atoms with Crippen LogP contribution in [0.1, 0.15) is 40.5 Å². The van der Waals surface area contributed by atoms with Crippen molar-refractivity contribution in [3.8, 4) is 0 Å². The summed E-state index contributed by atoms with van der Waals surface area (Å²) in [4.78, 5) is 13.3. The molecule has 82 valence electrons. The molecule has 0 aromatic heterocycles. The highest BCUT2D eigenvalue weighted by Crippen LogP contribution is 2.23. The SMILES string of the molecule is CCC(C)N1CC[C@H](OC(C)=O)[C@H]1C. The molecule has 0 saturated carbocycles. The molecule has 3 atom stereocenters. The van der Waals surface area contributed by atoms with Crippen LogP contribution in [0.2, 0.25) is 0 Å². The third-order valence-corrected chi connectivity index (χ3v) is 3.21. The average molecular weight is 199 g/mol. The smallest absolute Gasteiger partial charge is 0.302 e. The summed E-state index contributed by atoms with van der Waals surface area (Å²) in [5.74, 6) is -0.159. The van der Waals surface area contributed by atoms with Gasteiger partial charge >= 0.3 is 5.97 Å². The Morgan fingerprint density at radius 1 is 1.64 bits per heavy atom. The summed E-state index contributed by atoms with van der Waals surface area (Å²) in [5, 5.41) is 0. The van der Waals surface area contributed by atoms with E-state index in [1.54, 1.807) is 0 Å². The maximum absolute atomic E-state index is 10.9. The first-order valence-electron chi connectivity index (χ1n) is 5.49. The fraction of sp³-hybridized carbons (Fsp3) is 0.909. The van der Waals surface area contributed by atoms with Crippen molar-refractivity contribution in [1.82, 2.24) is 4.90 Å². The molecule has 0 aromatic rings. The number of carbonyl (C=O) groups excluding carboxylic acids is 1. The Morgan fingerprint density at radius 3 is 2.79 bits per heavy atom. The van der Waals surface area contributed by atoms with E-state index >= 15 is 0 Å². The molecule has 0 aliphatic carbocycles. The zero-order chi connectivity index (χ0) is 10.7. The van der Waals surface area contributed by atoms with Gasteiger partial charge in [0.1, 0.15) is 6.10 Å². The van der Waals surface area contributed by atoms with Gasteiger partial charge < -0.3 is 4.74 Å². The second-order valence-corrected chi connectivity index (χ2v) is 4.17. The Kier molecular flexibility index (Phi) is 3.93. The summed E-state index contributed by atoms with van der Waals surface area (Å²) in [6.07, 6.45) is 2.23. The van der Waals surface area contributed by atoms with Crippen LogP contribution in [-0.4, -0.2) is 35.6 Å². The lowest BCUT2D eigenvalue weighted by molar-refractivity contribution is -0.147. The fourth-order valence-corrected chi connectivity index (χ4v) is 2.16. The highest BCUT2D eigenvalue weighted by molar-refractivity contribution is 5.66. The largest absolute Gasteiger partial charge is 0.461 e. The van der Waals surface area contributed by atoms with Crippen LogP contribution < -0.4 is 0 Å². The molecule has 1 fully saturated rings. The van der Waals surface area contributed by atoms with Gasteiger partial charge in [0.2, 0.25) is 0 Å². The normalized spacial score (nSPS) is 30.3. The van der Waals surface area contributed by atoms with Crippen LogP contribution in [0.4, 0.5) is 0 Å². The molecule has 0 radical (unpaired) electrons. The number of carbonyl (C=O) groups is 1. The molecule has 3 nitrogen and oxygen atoms in total. The summed E-state index contributed by atoms with van der Waals surface area (Å²) < 4.78 is 5.27. The van der Waals surface area contributed by atoms with Gasteiger partial charge in [-0.15, -0.1) is 0 Å². The predicted octanol–water partition coefficient (Wildman–Crippen LogP) is 1.81. The van der Waals surface area contributed by atoms with Crippen LogP contribution in [0.25, 0.3) is 0 Å². The summed E-state index contributed by atoms with van der Waals surface area (Å²) in [6, 6.07) is 0.958. The number of hydrogen-bond acceptors (Lipinski definition) is 3. The number of likely N-dealkylation sites (tertiary alicyclic amines) is 1. The van der Waals surface area contributed by atoms with E-state index in [1.165, 1.54) is 6.92 Å². The Balaban J connectivity index is 2.50. The van der Waals surface area contributed by atoms with Crippen molar-refractivity contribution >= 4 is 5.97 Å². The molecule has 0 amide bonds. The van der Waals surface area contributed by atoms with Crippen molar-refractivity contribution in [2.45, 2.75) is 58.7 Å². The number of esters is 1. The number of ether oxygens (including phenoxy) is 1. The van der Waals surface area contributed by atoms with Gasteiger partial charge in [-0.25, -0.2) is 0 Å². The first-order chi connectivity index (χ1) is 6.56. The molecule has 0 spiro atoms. The minimum absolute atomic E-state index is 0.0986. The second-order valence-electron chi connectivity index (χ2n) is 4.17.